The summed E-state index contributed by atoms with van der Waals surface area (Å²) in [6.07, 6.45) is 3.74. The van der Waals surface area contributed by atoms with Crippen LogP contribution in [0, 0.1) is 6.92 Å². The molecule has 0 aliphatic carbocycles. The van der Waals surface area contributed by atoms with Gasteiger partial charge in [0.15, 0.2) is 0 Å². The van der Waals surface area contributed by atoms with E-state index >= 15 is 0 Å². The van der Waals surface area contributed by atoms with E-state index in [0.29, 0.717) is 0 Å². The Balaban J connectivity index is 1.24. The second kappa shape index (κ2) is 10.5. The van der Waals surface area contributed by atoms with Crippen molar-refractivity contribution in [2.45, 2.75) is 39.2 Å². The van der Waals surface area contributed by atoms with Gasteiger partial charge in [-0.3, -0.25) is 0 Å². The monoisotopic (exact) mass is 473 g/mol. The quantitative estimate of drug-likeness (QED) is 0.296. The van der Waals surface area contributed by atoms with Crippen LogP contribution in [-0.4, -0.2) is 46.1 Å². The van der Waals surface area contributed by atoms with Gasteiger partial charge in [0.05, 0.1) is 34.1 Å². The molecule has 1 fully saturated rings. The topological polar surface area (TPSA) is 63.2 Å². The maximum absolute atomic E-state index is 6.05. The second-order valence-electron chi connectivity index (χ2n) is 8.91. The van der Waals surface area contributed by atoms with E-state index in [2.05, 4.69) is 62.4 Å². The minimum absolute atomic E-state index is 0.0827. The summed E-state index contributed by atoms with van der Waals surface area (Å²) in [5.41, 5.74) is 6.04. The minimum Gasteiger partial charge on any atom is -0.494 e. The highest BCUT2D eigenvalue weighted by Crippen LogP contribution is 2.28. The summed E-state index contributed by atoms with van der Waals surface area (Å²) in [4.78, 5) is 16.2. The number of thiazole rings is 1. The van der Waals surface area contributed by atoms with Crippen LogP contribution in [0.2, 0.25) is 0 Å². The van der Waals surface area contributed by atoms with Crippen molar-refractivity contribution in [1.82, 2.24) is 19.9 Å². The van der Waals surface area contributed by atoms with Gasteiger partial charge in [0.25, 0.3) is 0 Å². The summed E-state index contributed by atoms with van der Waals surface area (Å²) in [6, 6.07) is 16.7. The normalized spacial score (nSPS) is 15.0. The van der Waals surface area contributed by atoms with Gasteiger partial charge >= 0.3 is 0 Å². The standard InChI is InChI=1S/C27H31N5OS/c1-19(21-7-5-8-23(15-21)33-14-6-13-32-11-3-4-12-32)29-27-17-25(30-20(2)31-27)22-9-10-24-26(16-22)34-18-28-24/h5,7-10,15-19H,3-4,6,11-14H2,1-2H3,(H,29,30,31). The average Bonchev–Trinajstić information content (AvgIpc) is 3.53. The van der Waals surface area contributed by atoms with Gasteiger partial charge in [-0.2, -0.15) is 0 Å². The molecule has 1 saturated heterocycles. The summed E-state index contributed by atoms with van der Waals surface area (Å²) < 4.78 is 7.21. The molecule has 6 nitrogen and oxygen atoms in total. The Bertz CT molecular complexity index is 1250. The number of ether oxygens (including phenoxy) is 1. The third-order valence-electron chi connectivity index (χ3n) is 6.27. The van der Waals surface area contributed by atoms with Crippen molar-refractivity contribution in [2.75, 3.05) is 31.6 Å². The third kappa shape index (κ3) is 5.54. The molecule has 5 rings (SSSR count). The van der Waals surface area contributed by atoms with E-state index in [0.717, 1.165) is 58.4 Å². The summed E-state index contributed by atoms with van der Waals surface area (Å²) >= 11 is 1.64. The molecule has 2 aromatic carbocycles. The van der Waals surface area contributed by atoms with Crippen LogP contribution in [0.3, 0.4) is 0 Å². The minimum atomic E-state index is 0.0827. The van der Waals surface area contributed by atoms with E-state index in [9.17, 15) is 0 Å². The number of nitrogens with zero attached hydrogens (tertiary/aromatic N) is 4. The van der Waals surface area contributed by atoms with Gasteiger partial charge in [-0.1, -0.05) is 18.2 Å². The molecule has 3 heterocycles. The lowest BCUT2D eigenvalue weighted by atomic mass is 10.1. The van der Waals surface area contributed by atoms with Crippen molar-refractivity contribution >= 4 is 27.4 Å². The number of nitrogens with one attached hydrogen (secondary N) is 1. The third-order valence-corrected chi connectivity index (χ3v) is 7.07. The van der Waals surface area contributed by atoms with Crippen molar-refractivity contribution in [3.63, 3.8) is 0 Å². The van der Waals surface area contributed by atoms with Crippen LogP contribution in [-0.2, 0) is 0 Å². The van der Waals surface area contributed by atoms with Crippen molar-refractivity contribution in [3.05, 3.63) is 65.4 Å². The number of fused-ring (bicyclic) bond motifs is 1. The summed E-state index contributed by atoms with van der Waals surface area (Å²) in [5, 5.41) is 3.55. The first-order valence-corrected chi connectivity index (χ1v) is 12.9. The van der Waals surface area contributed by atoms with Gasteiger partial charge in [0.1, 0.15) is 17.4 Å². The number of likely N-dealkylation sites (tertiary alicyclic amines) is 1. The molecular formula is C27H31N5OS. The number of hydrogen-bond acceptors (Lipinski definition) is 7. The summed E-state index contributed by atoms with van der Waals surface area (Å²) in [7, 11) is 0. The molecule has 2 aromatic heterocycles. The number of aryl methyl sites for hydroxylation is 1. The predicted molar refractivity (Wildman–Crippen MR) is 140 cm³/mol. The van der Waals surface area contributed by atoms with Gasteiger partial charge in [-0.25, -0.2) is 15.0 Å². The molecule has 1 unspecified atom stereocenters. The Morgan fingerprint density at radius 3 is 2.85 bits per heavy atom. The molecule has 0 amide bonds. The molecule has 1 N–H and O–H groups in total. The van der Waals surface area contributed by atoms with E-state index < -0.39 is 0 Å². The fourth-order valence-corrected chi connectivity index (χ4v) is 5.18. The Labute approximate surface area is 205 Å². The smallest absolute Gasteiger partial charge is 0.130 e. The van der Waals surface area contributed by atoms with Gasteiger partial charge in [0.2, 0.25) is 0 Å². The van der Waals surface area contributed by atoms with Crippen LogP contribution in [0.25, 0.3) is 21.5 Å². The number of rotatable bonds is 9. The number of anilines is 1. The molecule has 0 saturated carbocycles. The van der Waals surface area contributed by atoms with Crippen molar-refractivity contribution in [3.8, 4) is 17.0 Å². The van der Waals surface area contributed by atoms with Crippen LogP contribution in [0.4, 0.5) is 5.82 Å². The molecule has 0 radical (unpaired) electrons. The summed E-state index contributed by atoms with van der Waals surface area (Å²) in [5.74, 6) is 2.48. The lowest BCUT2D eigenvalue weighted by Crippen LogP contribution is -2.21. The van der Waals surface area contributed by atoms with Gasteiger partial charge in [-0.15, -0.1) is 11.3 Å². The Kier molecular flexibility index (Phi) is 7.02. The zero-order valence-electron chi connectivity index (χ0n) is 19.8. The predicted octanol–water partition coefficient (Wildman–Crippen LogP) is 6.10. The first-order chi connectivity index (χ1) is 16.6. The number of hydrogen-bond donors (Lipinski definition) is 1. The molecule has 1 aliphatic heterocycles. The Hall–Kier alpha value is -3.03. The van der Waals surface area contributed by atoms with Crippen LogP contribution in [0.1, 0.15) is 43.6 Å². The molecule has 176 valence electrons. The molecule has 1 aliphatic rings. The fourth-order valence-electron chi connectivity index (χ4n) is 4.47. The van der Waals surface area contributed by atoms with Gasteiger partial charge < -0.3 is 15.0 Å². The molecule has 0 bridgehead atoms. The first kappa shape index (κ1) is 22.7. The van der Waals surface area contributed by atoms with Crippen LogP contribution in [0.15, 0.2) is 54.0 Å². The SMILES string of the molecule is Cc1nc(NC(C)c2cccc(OCCCN3CCCC3)c2)cc(-c2ccc3ncsc3c2)n1. The highest BCUT2D eigenvalue weighted by molar-refractivity contribution is 7.16. The van der Waals surface area contributed by atoms with Gasteiger partial charge in [-0.05, 0) is 76.0 Å². The zero-order valence-corrected chi connectivity index (χ0v) is 20.6. The number of aromatic nitrogens is 3. The lowest BCUT2D eigenvalue weighted by molar-refractivity contribution is 0.263. The van der Waals surface area contributed by atoms with E-state index in [1.807, 2.05) is 30.6 Å². The second-order valence-corrected chi connectivity index (χ2v) is 9.80. The maximum atomic E-state index is 6.05. The van der Waals surface area contributed by atoms with Crippen molar-refractivity contribution in [1.29, 1.82) is 0 Å². The van der Waals surface area contributed by atoms with Crippen molar-refractivity contribution < 1.29 is 4.74 Å². The molecule has 0 spiro atoms. The van der Waals surface area contributed by atoms with E-state index in [4.69, 9.17) is 4.74 Å². The number of benzene rings is 2. The Morgan fingerprint density at radius 2 is 1.97 bits per heavy atom. The van der Waals surface area contributed by atoms with Crippen LogP contribution >= 0.6 is 11.3 Å². The molecular weight excluding hydrogens is 442 g/mol. The highest BCUT2D eigenvalue weighted by Gasteiger charge is 2.12. The average molecular weight is 474 g/mol. The zero-order chi connectivity index (χ0) is 23.3. The highest BCUT2D eigenvalue weighted by atomic mass is 32.1. The molecule has 4 aromatic rings. The molecule has 1 atom stereocenters. The molecule has 7 heteroatoms. The van der Waals surface area contributed by atoms with E-state index in [1.54, 1.807) is 11.3 Å². The van der Waals surface area contributed by atoms with E-state index in [1.165, 1.54) is 31.5 Å². The first-order valence-electron chi connectivity index (χ1n) is 12.0. The van der Waals surface area contributed by atoms with Crippen molar-refractivity contribution in [2.24, 2.45) is 0 Å². The summed E-state index contributed by atoms with van der Waals surface area (Å²) in [6.45, 7) is 8.43. The van der Waals surface area contributed by atoms with Crippen LogP contribution < -0.4 is 10.1 Å². The van der Waals surface area contributed by atoms with Gasteiger partial charge in [0, 0.05) is 18.2 Å². The largest absolute Gasteiger partial charge is 0.494 e. The maximum Gasteiger partial charge on any atom is 0.130 e. The lowest BCUT2D eigenvalue weighted by Gasteiger charge is -2.18. The fraction of sp³-hybridized carbons (Fsp3) is 0.370. The Morgan fingerprint density at radius 1 is 1.09 bits per heavy atom. The molecule has 34 heavy (non-hydrogen) atoms. The van der Waals surface area contributed by atoms with Crippen LogP contribution in [0.5, 0.6) is 5.75 Å². The van der Waals surface area contributed by atoms with E-state index in [-0.39, 0.29) is 6.04 Å².